The van der Waals surface area contributed by atoms with Crippen LogP contribution in [0.3, 0.4) is 0 Å². The molecule has 1 saturated carbocycles. The van der Waals surface area contributed by atoms with Gasteiger partial charge in [-0.15, -0.1) is 0 Å². The van der Waals surface area contributed by atoms with Crippen molar-refractivity contribution < 1.29 is 37.7 Å². The Labute approximate surface area is 188 Å². The molecular formula is C23H24F2N2O6. The molecule has 2 aromatic rings. The van der Waals surface area contributed by atoms with Crippen molar-refractivity contribution in [2.45, 2.75) is 49.2 Å². The Hall–Kier alpha value is -3.01. The molecule has 0 radical (unpaired) electrons. The first kappa shape index (κ1) is 21.8. The van der Waals surface area contributed by atoms with Gasteiger partial charge in [-0.3, -0.25) is 9.59 Å². The highest BCUT2D eigenvalue weighted by Gasteiger charge is 2.75. The predicted molar refractivity (Wildman–Crippen MR) is 111 cm³/mol. The number of alkyl halides is 2. The molecule has 8 nitrogen and oxygen atoms in total. The molecule has 3 aliphatic heterocycles. The Morgan fingerprint density at radius 1 is 1.18 bits per heavy atom. The van der Waals surface area contributed by atoms with Crippen LogP contribution in [0.15, 0.2) is 24.3 Å². The highest BCUT2D eigenvalue weighted by Crippen LogP contribution is 2.60. The number of rotatable bonds is 2. The molecule has 3 fully saturated rings. The standard InChI is InChI=1S/C23H24F2N2O6/c1-21(24,25)23(31)11-12-10-22(19(29)32-2)16-14(8-9-26(17(12)28)18(22)23)13-6-4-5-7-15(13)27(16)20(30)33-3/h4-7,12,18,31H,8-11H2,1-3H3. The first-order chi connectivity index (χ1) is 15.5. The molecule has 4 aliphatic rings. The van der Waals surface area contributed by atoms with Crippen molar-refractivity contribution in [2.24, 2.45) is 5.92 Å². The van der Waals surface area contributed by atoms with Crippen LogP contribution in [-0.2, 0) is 30.9 Å². The van der Waals surface area contributed by atoms with Crippen LogP contribution in [0, 0.1) is 5.92 Å². The van der Waals surface area contributed by atoms with E-state index >= 15 is 8.78 Å². The fourth-order valence-corrected chi connectivity index (χ4v) is 6.43. The van der Waals surface area contributed by atoms with Gasteiger partial charge in [-0.2, -0.15) is 0 Å². The number of para-hydroxylation sites is 1. The third kappa shape index (κ3) is 2.50. The Bertz CT molecular complexity index is 1200. The van der Waals surface area contributed by atoms with E-state index in [1.807, 2.05) is 0 Å². The number of methoxy groups -OCH3 is 2. The van der Waals surface area contributed by atoms with Gasteiger partial charge in [0.05, 0.1) is 31.5 Å². The quantitative estimate of drug-likeness (QED) is 0.688. The van der Waals surface area contributed by atoms with E-state index in [4.69, 9.17) is 9.47 Å². The number of aliphatic hydroxyl groups is 1. The minimum atomic E-state index is -3.64. The number of aromatic nitrogens is 1. The number of carbonyl (C=O) groups is 3. The number of amides is 1. The van der Waals surface area contributed by atoms with Crippen molar-refractivity contribution >= 4 is 28.9 Å². The molecule has 1 aliphatic carbocycles. The van der Waals surface area contributed by atoms with E-state index in [2.05, 4.69) is 0 Å². The van der Waals surface area contributed by atoms with E-state index in [-0.39, 0.29) is 31.0 Å². The van der Waals surface area contributed by atoms with Gasteiger partial charge in [0.15, 0.2) is 5.60 Å². The normalized spacial score (nSPS) is 30.7. The molecule has 4 bridgehead atoms. The largest absolute Gasteiger partial charge is 0.468 e. The van der Waals surface area contributed by atoms with Gasteiger partial charge in [-0.25, -0.2) is 18.1 Å². The molecule has 10 heteroatoms. The van der Waals surface area contributed by atoms with Crippen LogP contribution in [0.4, 0.5) is 13.6 Å². The summed E-state index contributed by atoms with van der Waals surface area (Å²) >= 11 is 0. The van der Waals surface area contributed by atoms with Gasteiger partial charge >= 0.3 is 12.1 Å². The maximum absolute atomic E-state index is 15.0. The van der Waals surface area contributed by atoms with Crippen LogP contribution in [0.5, 0.6) is 0 Å². The van der Waals surface area contributed by atoms with Crippen molar-refractivity contribution in [3.63, 3.8) is 0 Å². The van der Waals surface area contributed by atoms with Crippen LogP contribution in [0.2, 0.25) is 0 Å². The first-order valence-electron chi connectivity index (χ1n) is 10.7. The van der Waals surface area contributed by atoms with Crippen LogP contribution in [0.25, 0.3) is 10.9 Å². The molecule has 6 rings (SSSR count). The molecule has 1 N–H and O–H groups in total. The van der Waals surface area contributed by atoms with Gasteiger partial charge in [0, 0.05) is 24.8 Å². The topological polar surface area (TPSA) is 98.1 Å². The van der Waals surface area contributed by atoms with Crippen LogP contribution >= 0.6 is 0 Å². The van der Waals surface area contributed by atoms with Gasteiger partial charge in [0.1, 0.15) is 5.41 Å². The molecule has 1 aromatic carbocycles. The minimum Gasteiger partial charge on any atom is -0.468 e. The van der Waals surface area contributed by atoms with Gasteiger partial charge in [0.25, 0.3) is 5.92 Å². The molecule has 1 amide bonds. The fourth-order valence-electron chi connectivity index (χ4n) is 6.43. The number of esters is 1. The minimum absolute atomic E-state index is 0.0132. The summed E-state index contributed by atoms with van der Waals surface area (Å²) < 4.78 is 41.4. The summed E-state index contributed by atoms with van der Waals surface area (Å²) in [5, 5.41) is 12.1. The molecule has 4 heterocycles. The number of benzene rings is 1. The summed E-state index contributed by atoms with van der Waals surface area (Å²) in [5.74, 6) is -5.94. The molecule has 4 unspecified atom stereocenters. The van der Waals surface area contributed by atoms with Gasteiger partial charge < -0.3 is 19.5 Å². The van der Waals surface area contributed by atoms with E-state index in [9.17, 15) is 19.5 Å². The molecule has 33 heavy (non-hydrogen) atoms. The zero-order chi connectivity index (χ0) is 23.9. The Kier molecular flexibility index (Phi) is 4.46. The average molecular weight is 462 g/mol. The first-order valence-corrected chi connectivity index (χ1v) is 10.7. The number of halogens is 2. The van der Waals surface area contributed by atoms with E-state index in [1.54, 1.807) is 24.3 Å². The fraction of sp³-hybridized carbons (Fsp3) is 0.522. The van der Waals surface area contributed by atoms with Crippen LogP contribution < -0.4 is 0 Å². The van der Waals surface area contributed by atoms with Crippen LogP contribution in [0.1, 0.15) is 31.0 Å². The number of hydrogen-bond acceptors (Lipinski definition) is 6. The second-order valence-electron chi connectivity index (χ2n) is 9.21. The number of fused-ring (bicyclic) bond motifs is 4. The zero-order valence-electron chi connectivity index (χ0n) is 18.4. The van der Waals surface area contributed by atoms with Gasteiger partial charge in [-0.1, -0.05) is 18.2 Å². The van der Waals surface area contributed by atoms with Crippen molar-refractivity contribution in [1.82, 2.24) is 9.47 Å². The third-order valence-corrected chi connectivity index (χ3v) is 7.66. The second kappa shape index (κ2) is 6.75. The predicted octanol–water partition coefficient (Wildman–Crippen LogP) is 2.23. The number of carbonyl (C=O) groups excluding carboxylic acids is 3. The zero-order valence-corrected chi connectivity index (χ0v) is 18.4. The number of piperidine rings is 2. The number of hydrogen-bond donors (Lipinski definition) is 1. The summed E-state index contributed by atoms with van der Waals surface area (Å²) in [6.07, 6.45) is -1.23. The van der Waals surface area contributed by atoms with E-state index < -0.39 is 47.4 Å². The van der Waals surface area contributed by atoms with Crippen molar-refractivity contribution in [3.05, 3.63) is 35.5 Å². The summed E-state index contributed by atoms with van der Waals surface area (Å²) in [5.41, 5.74) is -3.41. The number of nitrogens with zero attached hydrogens (tertiary/aromatic N) is 2. The molecule has 176 valence electrons. The van der Waals surface area contributed by atoms with E-state index in [0.29, 0.717) is 23.4 Å². The molecule has 1 aromatic heterocycles. The molecular weight excluding hydrogens is 438 g/mol. The van der Waals surface area contributed by atoms with E-state index in [0.717, 1.165) is 7.11 Å². The van der Waals surface area contributed by atoms with Crippen molar-refractivity contribution in [1.29, 1.82) is 0 Å². The molecule has 2 saturated heterocycles. The Balaban J connectivity index is 1.94. The molecule has 4 atom stereocenters. The third-order valence-electron chi connectivity index (χ3n) is 7.66. The second-order valence-corrected chi connectivity index (χ2v) is 9.21. The lowest BCUT2D eigenvalue weighted by atomic mass is 9.53. The van der Waals surface area contributed by atoms with Gasteiger partial charge in [-0.05, 0) is 30.9 Å². The van der Waals surface area contributed by atoms with Crippen molar-refractivity contribution in [2.75, 3.05) is 20.8 Å². The van der Waals surface area contributed by atoms with Crippen molar-refractivity contribution in [3.8, 4) is 0 Å². The lowest BCUT2D eigenvalue weighted by Crippen LogP contribution is -2.79. The average Bonchev–Trinajstić information content (AvgIpc) is 3.05. The lowest BCUT2D eigenvalue weighted by Gasteiger charge is -2.61. The highest BCUT2D eigenvalue weighted by molar-refractivity contribution is 6.00. The summed E-state index contributed by atoms with van der Waals surface area (Å²) in [6.45, 7) is 0.604. The molecule has 0 spiro atoms. The number of ether oxygens (including phenoxy) is 2. The van der Waals surface area contributed by atoms with Crippen LogP contribution in [-0.4, -0.2) is 70.9 Å². The maximum atomic E-state index is 15.0. The maximum Gasteiger partial charge on any atom is 0.418 e. The smallest absolute Gasteiger partial charge is 0.418 e. The SMILES string of the molecule is COC(=O)n1c2c(c3ccccc31)CCN1C(=O)C3CC2(C(=O)OC)C1C(O)(C(C)(F)F)C3. The summed E-state index contributed by atoms with van der Waals surface area (Å²) in [7, 11) is 2.31. The Morgan fingerprint density at radius 3 is 2.52 bits per heavy atom. The monoisotopic (exact) mass is 462 g/mol. The van der Waals surface area contributed by atoms with E-state index in [1.165, 1.54) is 16.6 Å². The van der Waals surface area contributed by atoms with Gasteiger partial charge in [0.2, 0.25) is 5.91 Å². The highest BCUT2D eigenvalue weighted by atomic mass is 19.3. The summed E-state index contributed by atoms with van der Waals surface area (Å²) in [6, 6.07) is 5.30. The Morgan fingerprint density at radius 2 is 1.88 bits per heavy atom. The lowest BCUT2D eigenvalue weighted by molar-refractivity contribution is -0.256. The summed E-state index contributed by atoms with van der Waals surface area (Å²) in [4.78, 5) is 40.9.